The zero-order valence-electron chi connectivity index (χ0n) is 10.4. The lowest BCUT2D eigenvalue weighted by molar-refractivity contribution is -0.127. The third kappa shape index (κ3) is 5.85. The van der Waals surface area contributed by atoms with Crippen LogP contribution in [0.2, 0.25) is 0 Å². The summed E-state index contributed by atoms with van der Waals surface area (Å²) in [6, 6.07) is 10.3. The molecule has 17 heavy (non-hydrogen) atoms. The first kappa shape index (κ1) is 13.4. The fraction of sp³-hybridized carbons (Fsp3) is 0.429. The fourth-order valence-electron chi connectivity index (χ4n) is 1.65. The monoisotopic (exact) mass is 233 g/mol. The number of carbonyl (C=O) groups is 2. The molecular formula is C14H19NO2. The van der Waals surface area contributed by atoms with E-state index in [-0.39, 0.29) is 24.2 Å². The van der Waals surface area contributed by atoms with E-state index in [9.17, 15) is 9.59 Å². The molecule has 1 aromatic carbocycles. The quantitative estimate of drug-likeness (QED) is 0.765. The zero-order valence-corrected chi connectivity index (χ0v) is 10.4. The molecule has 3 nitrogen and oxygen atoms in total. The van der Waals surface area contributed by atoms with E-state index in [1.54, 1.807) is 0 Å². The second-order valence-electron chi connectivity index (χ2n) is 4.37. The summed E-state index contributed by atoms with van der Waals surface area (Å²) in [5, 5.41) is 2.82. The van der Waals surface area contributed by atoms with Gasteiger partial charge in [-0.1, -0.05) is 30.3 Å². The van der Waals surface area contributed by atoms with Gasteiger partial charge in [0, 0.05) is 6.04 Å². The average molecular weight is 233 g/mol. The van der Waals surface area contributed by atoms with Gasteiger partial charge in [0.25, 0.3) is 0 Å². The van der Waals surface area contributed by atoms with E-state index in [1.165, 1.54) is 12.5 Å². The summed E-state index contributed by atoms with van der Waals surface area (Å²) < 4.78 is 0. The van der Waals surface area contributed by atoms with Gasteiger partial charge in [0.15, 0.2) is 0 Å². The van der Waals surface area contributed by atoms with Crippen molar-refractivity contribution >= 4 is 11.7 Å². The number of carbonyl (C=O) groups excluding carboxylic acids is 2. The molecule has 0 saturated heterocycles. The van der Waals surface area contributed by atoms with E-state index in [0.717, 1.165) is 12.8 Å². The molecule has 0 heterocycles. The minimum absolute atomic E-state index is 0.0182. The van der Waals surface area contributed by atoms with Crippen molar-refractivity contribution in [2.24, 2.45) is 0 Å². The van der Waals surface area contributed by atoms with Gasteiger partial charge in [-0.25, -0.2) is 0 Å². The second-order valence-corrected chi connectivity index (χ2v) is 4.37. The first-order valence-electron chi connectivity index (χ1n) is 5.90. The van der Waals surface area contributed by atoms with Crippen LogP contribution in [0.3, 0.4) is 0 Å². The lowest BCUT2D eigenvalue weighted by Gasteiger charge is -2.13. The van der Waals surface area contributed by atoms with Crippen molar-refractivity contribution in [2.45, 2.75) is 39.2 Å². The summed E-state index contributed by atoms with van der Waals surface area (Å²) in [6.45, 7) is 3.38. The van der Waals surface area contributed by atoms with Gasteiger partial charge in [-0.3, -0.25) is 9.59 Å². The van der Waals surface area contributed by atoms with Crippen molar-refractivity contribution in [2.75, 3.05) is 0 Å². The summed E-state index contributed by atoms with van der Waals surface area (Å²) in [5.41, 5.74) is 1.26. The number of Topliss-reactive ketones (excluding diaryl/α,β-unsaturated/α-hetero) is 1. The predicted molar refractivity (Wildman–Crippen MR) is 67.7 cm³/mol. The Balaban J connectivity index is 2.28. The topological polar surface area (TPSA) is 46.2 Å². The van der Waals surface area contributed by atoms with E-state index in [2.05, 4.69) is 17.4 Å². The standard InChI is InChI=1S/C14H19NO2/c1-11(15-14(17)10-12(2)16)8-9-13-6-4-3-5-7-13/h3-7,11H,8-10H2,1-2H3,(H,15,17). The Morgan fingerprint density at radius 2 is 1.88 bits per heavy atom. The Kier molecular flexibility index (Phi) is 5.40. The van der Waals surface area contributed by atoms with Crippen LogP contribution in [0.1, 0.15) is 32.3 Å². The zero-order chi connectivity index (χ0) is 12.7. The first-order valence-corrected chi connectivity index (χ1v) is 5.90. The highest BCUT2D eigenvalue weighted by Gasteiger charge is 2.09. The highest BCUT2D eigenvalue weighted by Crippen LogP contribution is 2.04. The van der Waals surface area contributed by atoms with Crippen molar-refractivity contribution < 1.29 is 9.59 Å². The molecule has 1 unspecified atom stereocenters. The largest absolute Gasteiger partial charge is 0.353 e. The average Bonchev–Trinajstić information content (AvgIpc) is 2.26. The minimum atomic E-state index is -0.182. The molecule has 0 radical (unpaired) electrons. The van der Waals surface area contributed by atoms with Crippen LogP contribution in [0.15, 0.2) is 30.3 Å². The second kappa shape index (κ2) is 6.84. The Morgan fingerprint density at radius 3 is 2.47 bits per heavy atom. The highest BCUT2D eigenvalue weighted by atomic mass is 16.2. The number of aryl methyl sites for hydroxylation is 1. The summed E-state index contributed by atoms with van der Waals surface area (Å²) in [7, 11) is 0. The number of amides is 1. The van der Waals surface area contributed by atoms with E-state index in [1.807, 2.05) is 25.1 Å². The maximum atomic E-state index is 11.3. The lowest BCUT2D eigenvalue weighted by atomic mass is 10.1. The van der Waals surface area contributed by atoms with Gasteiger partial charge >= 0.3 is 0 Å². The maximum absolute atomic E-state index is 11.3. The molecule has 1 atom stereocenters. The van der Waals surface area contributed by atoms with Crippen LogP contribution in [0.4, 0.5) is 0 Å². The van der Waals surface area contributed by atoms with Gasteiger partial charge < -0.3 is 5.32 Å². The number of ketones is 1. The molecule has 0 bridgehead atoms. The van der Waals surface area contributed by atoms with Crippen molar-refractivity contribution in [1.29, 1.82) is 0 Å². The number of hydrogen-bond acceptors (Lipinski definition) is 2. The van der Waals surface area contributed by atoms with Crippen molar-refractivity contribution in [3.63, 3.8) is 0 Å². The van der Waals surface area contributed by atoms with Gasteiger partial charge in [0.1, 0.15) is 5.78 Å². The molecule has 1 rings (SSSR count). The number of rotatable bonds is 6. The summed E-state index contributed by atoms with van der Waals surface area (Å²) in [4.78, 5) is 22.1. The molecule has 1 N–H and O–H groups in total. The van der Waals surface area contributed by atoms with E-state index < -0.39 is 0 Å². The van der Waals surface area contributed by atoms with Gasteiger partial charge in [-0.05, 0) is 32.3 Å². The molecule has 3 heteroatoms. The Labute approximate surface area is 102 Å². The molecule has 0 fully saturated rings. The van der Waals surface area contributed by atoms with Crippen molar-refractivity contribution in [3.05, 3.63) is 35.9 Å². The smallest absolute Gasteiger partial charge is 0.227 e. The summed E-state index contributed by atoms with van der Waals surface area (Å²) >= 11 is 0. The van der Waals surface area contributed by atoms with Crippen LogP contribution >= 0.6 is 0 Å². The Hall–Kier alpha value is -1.64. The van der Waals surface area contributed by atoms with Gasteiger partial charge in [0.2, 0.25) is 5.91 Å². The first-order chi connectivity index (χ1) is 8.08. The van der Waals surface area contributed by atoms with Crippen LogP contribution in [0.25, 0.3) is 0 Å². The summed E-state index contributed by atoms with van der Waals surface area (Å²) in [5.74, 6) is -0.282. The number of benzene rings is 1. The normalized spacial score (nSPS) is 11.9. The van der Waals surface area contributed by atoms with Crippen LogP contribution < -0.4 is 5.32 Å². The minimum Gasteiger partial charge on any atom is -0.353 e. The third-order valence-corrected chi connectivity index (χ3v) is 2.53. The molecule has 0 aliphatic carbocycles. The predicted octanol–water partition coefficient (Wildman–Crippen LogP) is 2.10. The number of hydrogen-bond donors (Lipinski definition) is 1. The summed E-state index contributed by atoms with van der Waals surface area (Å²) in [6.07, 6.45) is 1.80. The molecule has 0 saturated carbocycles. The molecule has 1 aromatic rings. The molecule has 1 amide bonds. The molecule has 92 valence electrons. The van der Waals surface area contributed by atoms with Crippen molar-refractivity contribution in [3.8, 4) is 0 Å². The van der Waals surface area contributed by atoms with Crippen molar-refractivity contribution in [1.82, 2.24) is 5.32 Å². The van der Waals surface area contributed by atoms with Crippen LogP contribution in [-0.4, -0.2) is 17.7 Å². The highest BCUT2D eigenvalue weighted by molar-refractivity contribution is 5.96. The van der Waals surface area contributed by atoms with Gasteiger partial charge in [-0.15, -0.1) is 0 Å². The molecule has 0 aliphatic heterocycles. The van der Waals surface area contributed by atoms with E-state index in [0.29, 0.717) is 0 Å². The van der Waals surface area contributed by atoms with E-state index in [4.69, 9.17) is 0 Å². The van der Waals surface area contributed by atoms with Gasteiger partial charge in [-0.2, -0.15) is 0 Å². The molecule has 0 aromatic heterocycles. The van der Waals surface area contributed by atoms with Gasteiger partial charge in [0.05, 0.1) is 6.42 Å². The third-order valence-electron chi connectivity index (χ3n) is 2.53. The lowest BCUT2D eigenvalue weighted by Crippen LogP contribution is -2.33. The number of nitrogens with one attached hydrogen (secondary N) is 1. The molecular weight excluding hydrogens is 214 g/mol. The van der Waals surface area contributed by atoms with E-state index >= 15 is 0 Å². The Bertz CT molecular complexity index is 373. The molecule has 0 aliphatic rings. The maximum Gasteiger partial charge on any atom is 0.227 e. The van der Waals surface area contributed by atoms with Crippen LogP contribution in [0, 0.1) is 0 Å². The Morgan fingerprint density at radius 1 is 1.24 bits per heavy atom. The molecule has 0 spiro atoms. The SMILES string of the molecule is CC(=O)CC(=O)NC(C)CCc1ccccc1. The van der Waals surface area contributed by atoms with Crippen LogP contribution in [-0.2, 0) is 16.0 Å². The van der Waals surface area contributed by atoms with Crippen LogP contribution in [0.5, 0.6) is 0 Å². The fourth-order valence-corrected chi connectivity index (χ4v) is 1.65.